The molecule has 1 aliphatic heterocycles. The Labute approximate surface area is 103 Å². The third-order valence-corrected chi connectivity index (χ3v) is 4.20. The average molecular weight is 238 g/mol. The van der Waals surface area contributed by atoms with Gasteiger partial charge in [0.2, 0.25) is 11.8 Å². The highest BCUT2D eigenvalue weighted by Crippen LogP contribution is 2.34. The van der Waals surface area contributed by atoms with Crippen LogP contribution in [-0.4, -0.2) is 34.8 Å². The van der Waals surface area contributed by atoms with Gasteiger partial charge in [0, 0.05) is 6.04 Å². The molecule has 1 spiro atoms. The van der Waals surface area contributed by atoms with Crippen molar-refractivity contribution < 1.29 is 9.59 Å². The van der Waals surface area contributed by atoms with Gasteiger partial charge in [0.25, 0.3) is 0 Å². The highest BCUT2D eigenvalue weighted by atomic mass is 16.2. The predicted molar refractivity (Wildman–Crippen MR) is 65.4 cm³/mol. The Morgan fingerprint density at radius 3 is 2.35 bits per heavy atom. The summed E-state index contributed by atoms with van der Waals surface area (Å²) in [6, 6.07) is 0.214. The smallest absolute Gasteiger partial charge is 0.249 e. The number of nitrogens with zero attached hydrogens (tertiary/aromatic N) is 1. The Morgan fingerprint density at radius 1 is 1.24 bits per heavy atom. The van der Waals surface area contributed by atoms with Crippen molar-refractivity contribution in [3.05, 3.63) is 0 Å². The molecular weight excluding hydrogens is 216 g/mol. The summed E-state index contributed by atoms with van der Waals surface area (Å²) in [5.41, 5.74) is -0.558. The largest absolute Gasteiger partial charge is 0.340 e. The minimum Gasteiger partial charge on any atom is -0.340 e. The molecule has 4 nitrogen and oxygen atoms in total. The first-order valence-electron chi connectivity index (χ1n) is 6.75. The number of hydrogen-bond donors (Lipinski definition) is 1. The third-order valence-electron chi connectivity index (χ3n) is 4.20. The first-order chi connectivity index (χ1) is 8.13. The number of piperazine rings is 1. The quantitative estimate of drug-likeness (QED) is 0.809. The molecule has 0 aromatic carbocycles. The molecule has 1 saturated heterocycles. The number of nitrogens with one attached hydrogen (secondary N) is 1. The van der Waals surface area contributed by atoms with Gasteiger partial charge in [0.1, 0.15) is 5.54 Å². The van der Waals surface area contributed by atoms with E-state index in [1.54, 1.807) is 0 Å². The van der Waals surface area contributed by atoms with Crippen LogP contribution in [-0.2, 0) is 9.59 Å². The molecule has 17 heavy (non-hydrogen) atoms. The second-order valence-corrected chi connectivity index (χ2v) is 5.24. The molecule has 0 unspecified atom stereocenters. The molecule has 2 rings (SSSR count). The molecular formula is C13H22N2O2. The van der Waals surface area contributed by atoms with E-state index in [-0.39, 0.29) is 24.4 Å². The molecule has 2 aliphatic rings. The highest BCUT2D eigenvalue weighted by Gasteiger charge is 2.49. The van der Waals surface area contributed by atoms with Crippen molar-refractivity contribution in [3.8, 4) is 0 Å². The maximum absolute atomic E-state index is 12.6. The van der Waals surface area contributed by atoms with Crippen LogP contribution in [0.4, 0.5) is 0 Å². The number of amides is 2. The monoisotopic (exact) mass is 238 g/mol. The lowest BCUT2D eigenvalue weighted by Crippen LogP contribution is -2.67. The van der Waals surface area contributed by atoms with Crippen molar-refractivity contribution >= 4 is 11.8 Å². The molecule has 0 atom stereocenters. The van der Waals surface area contributed by atoms with Crippen molar-refractivity contribution in [2.75, 3.05) is 6.54 Å². The van der Waals surface area contributed by atoms with E-state index in [0.29, 0.717) is 0 Å². The van der Waals surface area contributed by atoms with Crippen LogP contribution in [0, 0.1) is 0 Å². The topological polar surface area (TPSA) is 49.4 Å². The second kappa shape index (κ2) is 4.67. The Bertz CT molecular complexity index is 317. The van der Waals surface area contributed by atoms with Gasteiger partial charge in [0.15, 0.2) is 0 Å². The molecule has 2 amide bonds. The van der Waals surface area contributed by atoms with Gasteiger partial charge in [-0.2, -0.15) is 0 Å². The summed E-state index contributed by atoms with van der Waals surface area (Å²) >= 11 is 0. The van der Waals surface area contributed by atoms with Crippen LogP contribution in [0.2, 0.25) is 0 Å². The molecule has 4 heteroatoms. The van der Waals surface area contributed by atoms with Gasteiger partial charge in [0.05, 0.1) is 6.54 Å². The van der Waals surface area contributed by atoms with E-state index in [1.807, 2.05) is 4.90 Å². The number of hydrogen-bond acceptors (Lipinski definition) is 2. The fraction of sp³-hybridized carbons (Fsp3) is 0.846. The van der Waals surface area contributed by atoms with Crippen molar-refractivity contribution in [3.63, 3.8) is 0 Å². The summed E-state index contributed by atoms with van der Waals surface area (Å²) in [5.74, 6) is 0.168. The van der Waals surface area contributed by atoms with Gasteiger partial charge in [-0.3, -0.25) is 9.59 Å². The Balaban J connectivity index is 2.22. The molecule has 2 fully saturated rings. The molecule has 96 valence electrons. The van der Waals surface area contributed by atoms with E-state index >= 15 is 0 Å². The zero-order valence-electron chi connectivity index (χ0n) is 10.8. The normalized spacial score (nSPS) is 23.6. The molecule has 0 radical (unpaired) electrons. The van der Waals surface area contributed by atoms with E-state index in [9.17, 15) is 9.59 Å². The lowest BCUT2D eigenvalue weighted by molar-refractivity contribution is -0.152. The van der Waals surface area contributed by atoms with Crippen molar-refractivity contribution in [2.24, 2.45) is 0 Å². The van der Waals surface area contributed by atoms with Gasteiger partial charge in [-0.05, 0) is 25.7 Å². The first-order valence-corrected chi connectivity index (χ1v) is 6.75. The zero-order valence-corrected chi connectivity index (χ0v) is 10.8. The van der Waals surface area contributed by atoms with E-state index < -0.39 is 5.54 Å². The lowest BCUT2D eigenvalue weighted by Gasteiger charge is -2.43. The Hall–Kier alpha value is -1.06. The third kappa shape index (κ3) is 2.05. The van der Waals surface area contributed by atoms with Crippen molar-refractivity contribution in [1.29, 1.82) is 0 Å². The van der Waals surface area contributed by atoms with Crippen LogP contribution >= 0.6 is 0 Å². The average Bonchev–Trinajstić information content (AvgIpc) is 2.76. The number of rotatable bonds is 3. The predicted octanol–water partition coefficient (Wildman–Crippen LogP) is 1.45. The first kappa shape index (κ1) is 12.4. The molecule has 0 bridgehead atoms. The Kier molecular flexibility index (Phi) is 3.40. The van der Waals surface area contributed by atoms with E-state index in [4.69, 9.17) is 0 Å². The zero-order chi connectivity index (χ0) is 12.5. The van der Waals surface area contributed by atoms with E-state index in [2.05, 4.69) is 19.2 Å². The van der Waals surface area contributed by atoms with Gasteiger partial charge in [-0.25, -0.2) is 0 Å². The maximum Gasteiger partial charge on any atom is 0.249 e. The number of carbonyl (C=O) groups is 2. The van der Waals surface area contributed by atoms with Crippen LogP contribution in [0.25, 0.3) is 0 Å². The maximum atomic E-state index is 12.6. The standard InChI is InChI=1S/C13H22N2O2/c1-3-10(4-2)15-9-11(16)14-13(12(15)17)7-5-6-8-13/h10H,3-9H2,1-2H3,(H,14,16). The lowest BCUT2D eigenvalue weighted by atomic mass is 9.91. The summed E-state index contributed by atoms with van der Waals surface area (Å²) in [5, 5.41) is 2.94. The second-order valence-electron chi connectivity index (χ2n) is 5.24. The molecule has 1 saturated carbocycles. The molecule has 0 aromatic heterocycles. The van der Waals surface area contributed by atoms with Crippen LogP contribution < -0.4 is 5.32 Å². The summed E-state index contributed by atoms with van der Waals surface area (Å²) in [4.78, 5) is 26.2. The fourth-order valence-electron chi connectivity index (χ4n) is 3.20. The molecule has 0 aromatic rings. The summed E-state index contributed by atoms with van der Waals surface area (Å²) in [6.45, 7) is 4.40. The highest BCUT2D eigenvalue weighted by molar-refractivity contribution is 5.98. The molecule has 1 N–H and O–H groups in total. The van der Waals surface area contributed by atoms with Gasteiger partial charge in [-0.15, -0.1) is 0 Å². The molecule has 1 heterocycles. The number of carbonyl (C=O) groups excluding carboxylic acids is 2. The summed E-state index contributed by atoms with van der Waals surface area (Å²) in [7, 11) is 0. The van der Waals surface area contributed by atoms with Crippen LogP contribution in [0.1, 0.15) is 52.4 Å². The summed E-state index contributed by atoms with van der Waals surface area (Å²) < 4.78 is 0. The minimum atomic E-state index is -0.558. The van der Waals surface area contributed by atoms with Crippen molar-refractivity contribution in [1.82, 2.24) is 10.2 Å². The Morgan fingerprint density at radius 2 is 1.82 bits per heavy atom. The van der Waals surface area contributed by atoms with E-state index in [1.165, 1.54) is 0 Å². The van der Waals surface area contributed by atoms with E-state index in [0.717, 1.165) is 38.5 Å². The van der Waals surface area contributed by atoms with Gasteiger partial charge in [-0.1, -0.05) is 26.7 Å². The molecule has 1 aliphatic carbocycles. The van der Waals surface area contributed by atoms with Crippen molar-refractivity contribution in [2.45, 2.75) is 64.0 Å². The minimum absolute atomic E-state index is 0.0124. The fourth-order valence-corrected chi connectivity index (χ4v) is 3.20. The van der Waals surface area contributed by atoms with Gasteiger partial charge >= 0.3 is 0 Å². The summed E-state index contributed by atoms with van der Waals surface area (Å²) in [6.07, 6.45) is 5.56. The van der Waals surface area contributed by atoms with Gasteiger partial charge < -0.3 is 10.2 Å². The van der Waals surface area contributed by atoms with Crippen LogP contribution in [0.3, 0.4) is 0 Å². The van der Waals surface area contributed by atoms with Crippen LogP contribution in [0.15, 0.2) is 0 Å². The van der Waals surface area contributed by atoms with Crippen LogP contribution in [0.5, 0.6) is 0 Å². The SMILES string of the molecule is CCC(CC)N1CC(=O)NC2(CCCC2)C1=O.